The van der Waals surface area contributed by atoms with Crippen LogP contribution < -0.4 is 15.8 Å². The fourth-order valence-electron chi connectivity index (χ4n) is 4.77. The van der Waals surface area contributed by atoms with Gasteiger partial charge in [0, 0.05) is 68.5 Å². The number of likely N-dealkylation sites (tertiary alicyclic amines) is 1. The van der Waals surface area contributed by atoms with Crippen molar-refractivity contribution in [2.75, 3.05) is 53.5 Å². The molecule has 2 aromatic carbocycles. The van der Waals surface area contributed by atoms with E-state index in [1.165, 1.54) is 19.3 Å². The van der Waals surface area contributed by atoms with Gasteiger partial charge in [-0.2, -0.15) is 0 Å². The molecule has 2 aliphatic heterocycles. The fraction of sp³-hybridized carbons (Fsp3) is 0.467. The van der Waals surface area contributed by atoms with Gasteiger partial charge in [-0.15, -0.1) is 0 Å². The smallest absolute Gasteiger partial charge is 0.253 e. The second-order valence-electron chi connectivity index (χ2n) is 9.78. The largest absolute Gasteiger partial charge is 0.381 e. The van der Waals surface area contributed by atoms with Gasteiger partial charge in [-0.1, -0.05) is 37.2 Å². The zero-order valence-electron chi connectivity index (χ0n) is 22.4. The Kier molecular flexibility index (Phi) is 11.2. The second kappa shape index (κ2) is 14.3. The number of carbonyl (C=O) groups excluding carboxylic acids is 2. The van der Waals surface area contributed by atoms with E-state index in [4.69, 9.17) is 16.3 Å². The molecule has 6 nitrogen and oxygen atoms in total. The van der Waals surface area contributed by atoms with Crippen molar-refractivity contribution in [3.05, 3.63) is 68.5 Å². The van der Waals surface area contributed by atoms with Crippen molar-refractivity contribution in [3.8, 4) is 0 Å². The van der Waals surface area contributed by atoms with Gasteiger partial charge >= 0.3 is 0 Å². The van der Waals surface area contributed by atoms with Gasteiger partial charge in [-0.25, -0.2) is 0 Å². The van der Waals surface area contributed by atoms with Crippen molar-refractivity contribution in [1.82, 2.24) is 15.1 Å². The second-order valence-corrected chi connectivity index (χ2v) is 10.2. The Bertz CT molecular complexity index is 1140. The molecule has 2 aromatic rings. The lowest BCUT2D eigenvalue weighted by Crippen LogP contribution is -2.53. The zero-order valence-corrected chi connectivity index (χ0v) is 23.2. The van der Waals surface area contributed by atoms with Crippen molar-refractivity contribution >= 4 is 36.1 Å². The molecule has 2 fully saturated rings. The van der Waals surface area contributed by atoms with Crippen LogP contribution in [0.2, 0.25) is 5.02 Å². The van der Waals surface area contributed by atoms with Crippen molar-refractivity contribution < 1.29 is 14.3 Å². The molecule has 4 rings (SSSR count). The summed E-state index contributed by atoms with van der Waals surface area (Å²) in [5, 5.41) is 5.32. The van der Waals surface area contributed by atoms with E-state index in [0.29, 0.717) is 22.1 Å². The average molecular weight is 526 g/mol. The van der Waals surface area contributed by atoms with Gasteiger partial charge in [0.1, 0.15) is 0 Å². The van der Waals surface area contributed by atoms with Crippen molar-refractivity contribution in [3.63, 3.8) is 0 Å². The summed E-state index contributed by atoms with van der Waals surface area (Å²) in [4.78, 5) is 28.8. The maximum Gasteiger partial charge on any atom is 0.253 e. The van der Waals surface area contributed by atoms with Gasteiger partial charge in [0.15, 0.2) is 0 Å². The molecule has 0 bridgehead atoms. The molecule has 2 saturated heterocycles. The molecule has 0 radical (unpaired) electrons. The van der Waals surface area contributed by atoms with E-state index in [-0.39, 0.29) is 11.8 Å². The van der Waals surface area contributed by atoms with Crippen LogP contribution >= 0.6 is 11.6 Å². The number of hydrogen-bond donors (Lipinski definition) is 1. The lowest BCUT2D eigenvalue weighted by atomic mass is 9.98. The van der Waals surface area contributed by atoms with Gasteiger partial charge in [0.25, 0.3) is 11.8 Å². The molecule has 0 aromatic heterocycles. The number of carbonyl (C=O) groups is 2. The monoisotopic (exact) mass is 525 g/mol. The van der Waals surface area contributed by atoms with Crippen LogP contribution in [0.25, 0.3) is 12.7 Å². The number of halogens is 1. The molecule has 1 N–H and O–H groups in total. The Labute approximate surface area is 225 Å². The maximum absolute atomic E-state index is 12.5. The van der Waals surface area contributed by atoms with Gasteiger partial charge in [-0.05, 0) is 79.1 Å². The van der Waals surface area contributed by atoms with Crippen LogP contribution in [0.5, 0.6) is 0 Å². The molecule has 7 heteroatoms. The summed E-state index contributed by atoms with van der Waals surface area (Å²) in [6, 6.07) is 10.8. The molecule has 0 aliphatic carbocycles. The number of nitrogens with one attached hydrogen (secondary N) is 1. The minimum Gasteiger partial charge on any atom is -0.381 e. The van der Waals surface area contributed by atoms with Crippen LogP contribution in [0.1, 0.15) is 52.5 Å². The highest BCUT2D eigenvalue weighted by atomic mass is 35.5. The Hall–Kier alpha value is -2.67. The van der Waals surface area contributed by atoms with E-state index in [1.54, 1.807) is 31.3 Å². The van der Waals surface area contributed by atoms with Crippen LogP contribution in [0.3, 0.4) is 0 Å². The lowest BCUT2D eigenvalue weighted by Gasteiger charge is -2.41. The molecule has 37 heavy (non-hydrogen) atoms. The molecule has 0 saturated carbocycles. The molecular formula is C30H40ClN3O3. The summed E-state index contributed by atoms with van der Waals surface area (Å²) < 4.78 is 5.07. The molecule has 0 unspecified atom stereocenters. The normalized spacial score (nSPS) is 16.1. The molecule has 0 spiro atoms. The summed E-state index contributed by atoms with van der Waals surface area (Å²) in [5.74, 6) is 0.443. The first-order valence-electron chi connectivity index (χ1n) is 13.2. The third-order valence-corrected chi connectivity index (χ3v) is 7.11. The van der Waals surface area contributed by atoms with Crippen LogP contribution in [-0.4, -0.2) is 75.1 Å². The third kappa shape index (κ3) is 8.16. The Morgan fingerprint density at radius 2 is 1.81 bits per heavy atom. The maximum atomic E-state index is 12.5. The van der Waals surface area contributed by atoms with Crippen molar-refractivity contribution in [2.24, 2.45) is 5.92 Å². The Morgan fingerprint density at radius 1 is 1.14 bits per heavy atom. The number of hydrogen-bond acceptors (Lipinski definition) is 4. The number of amides is 2. The first kappa shape index (κ1) is 28.9. The molecule has 2 heterocycles. The van der Waals surface area contributed by atoms with E-state index in [1.807, 2.05) is 17.0 Å². The van der Waals surface area contributed by atoms with Crippen LogP contribution in [0.15, 0.2) is 36.4 Å². The highest BCUT2D eigenvalue weighted by Gasteiger charge is 2.31. The predicted molar refractivity (Wildman–Crippen MR) is 151 cm³/mol. The average Bonchev–Trinajstić information content (AvgIpc) is 2.90. The standard InChI is InChI=1S/C25H30ClN3O2.C5H10O/c1-5-21-22(17(2)6-11-23(21)24(30)27-3)12-13-28(4)14-18-15-29(16-18)25(31)19-7-9-20(26)10-8-19;1-2-4-6-5-3-1/h6-12,18H,2,5,13-16H2,1,3-4H3,(H,27,30);1-5H2/b22-12+;. The third-order valence-electron chi connectivity index (χ3n) is 6.86. The van der Waals surface area contributed by atoms with Gasteiger partial charge in [-0.3, -0.25) is 9.59 Å². The van der Waals surface area contributed by atoms with Crippen LogP contribution in [0, 0.1) is 5.92 Å². The highest BCUT2D eigenvalue weighted by molar-refractivity contribution is 6.30. The molecular weight excluding hydrogens is 486 g/mol. The molecule has 200 valence electrons. The molecule has 2 amide bonds. The number of nitrogens with zero attached hydrogens (tertiary/aromatic N) is 2. The summed E-state index contributed by atoms with van der Waals surface area (Å²) >= 11 is 5.90. The molecule has 2 aliphatic rings. The van der Waals surface area contributed by atoms with Crippen molar-refractivity contribution in [1.29, 1.82) is 0 Å². The summed E-state index contributed by atoms with van der Waals surface area (Å²) in [6.07, 6.45) is 6.86. The predicted octanol–water partition coefficient (Wildman–Crippen LogP) is 3.34. The first-order valence-corrected chi connectivity index (χ1v) is 13.6. The van der Waals surface area contributed by atoms with Crippen molar-refractivity contribution in [2.45, 2.75) is 32.6 Å². The van der Waals surface area contributed by atoms with E-state index >= 15 is 0 Å². The quantitative estimate of drug-likeness (QED) is 0.602. The zero-order chi connectivity index (χ0) is 26.8. The topological polar surface area (TPSA) is 61.9 Å². The van der Waals surface area contributed by atoms with E-state index in [0.717, 1.165) is 61.8 Å². The number of benzene rings is 2. The Morgan fingerprint density at radius 3 is 2.35 bits per heavy atom. The van der Waals surface area contributed by atoms with Gasteiger partial charge in [0.05, 0.1) is 0 Å². The van der Waals surface area contributed by atoms with Crippen LogP contribution in [-0.2, 0) is 11.2 Å². The van der Waals surface area contributed by atoms with E-state index in [2.05, 4.69) is 36.8 Å². The van der Waals surface area contributed by atoms with Gasteiger partial charge in [0.2, 0.25) is 0 Å². The van der Waals surface area contributed by atoms with E-state index < -0.39 is 0 Å². The SMILES string of the molecule is C1CCOCC1.C=c1ccc(C(=O)NC)c(CC)/c1=C/CN(C)CC1CN(C(=O)c2ccc(Cl)cc2)C1. The minimum absolute atomic E-state index is 0.0578. The minimum atomic E-state index is -0.0697. The summed E-state index contributed by atoms with van der Waals surface area (Å²) in [6.45, 7) is 11.4. The summed E-state index contributed by atoms with van der Waals surface area (Å²) in [5.41, 5.74) is 2.42. The molecule has 0 atom stereocenters. The lowest BCUT2D eigenvalue weighted by molar-refractivity contribution is 0.0443. The fourth-order valence-corrected chi connectivity index (χ4v) is 4.90. The number of ether oxygens (including phenoxy) is 1. The van der Waals surface area contributed by atoms with Crippen LogP contribution in [0.4, 0.5) is 0 Å². The van der Waals surface area contributed by atoms with Gasteiger partial charge < -0.3 is 19.9 Å². The highest BCUT2D eigenvalue weighted by Crippen LogP contribution is 2.20. The van der Waals surface area contributed by atoms with E-state index in [9.17, 15) is 9.59 Å². The first-order chi connectivity index (χ1) is 17.8. The Balaban J connectivity index is 0.000000555. The number of rotatable bonds is 7. The summed E-state index contributed by atoms with van der Waals surface area (Å²) in [7, 11) is 3.73.